The van der Waals surface area contributed by atoms with Crippen LogP contribution in [0.5, 0.6) is 0 Å². The molecule has 2 N–H and O–H groups in total. The lowest BCUT2D eigenvalue weighted by molar-refractivity contribution is -0.0385. The van der Waals surface area contributed by atoms with Gasteiger partial charge in [-0.2, -0.15) is 0 Å². The number of nitrogens with two attached hydrogens (primary N) is 1. The van der Waals surface area contributed by atoms with E-state index in [9.17, 15) is 0 Å². The second kappa shape index (κ2) is 6.06. The Balaban J connectivity index is 2.16. The quantitative estimate of drug-likeness (QED) is 0.834. The molecule has 1 atom stereocenters. The van der Waals surface area contributed by atoms with Gasteiger partial charge in [-0.25, -0.2) is 0 Å². The van der Waals surface area contributed by atoms with Crippen molar-refractivity contribution in [1.82, 2.24) is 0 Å². The summed E-state index contributed by atoms with van der Waals surface area (Å²) in [5.41, 5.74) is 8.87. The molecule has 1 aliphatic carbocycles. The zero-order chi connectivity index (χ0) is 13.9. The molecule has 0 aliphatic heterocycles. The number of methoxy groups -OCH3 is 1. The molecule has 1 saturated carbocycles. The largest absolute Gasteiger partial charge is 0.376 e. The van der Waals surface area contributed by atoms with Gasteiger partial charge in [0.25, 0.3) is 0 Å². The summed E-state index contributed by atoms with van der Waals surface area (Å²) in [6, 6.07) is 8.84. The zero-order valence-electron chi connectivity index (χ0n) is 12.5. The monoisotopic (exact) mass is 261 g/mol. The Labute approximate surface area is 117 Å². The van der Waals surface area contributed by atoms with E-state index in [1.54, 1.807) is 7.11 Å². The first-order valence-electron chi connectivity index (χ1n) is 7.57. The highest BCUT2D eigenvalue weighted by molar-refractivity contribution is 5.29. The third-order valence-corrected chi connectivity index (χ3v) is 5.04. The van der Waals surface area contributed by atoms with E-state index in [2.05, 4.69) is 38.1 Å². The van der Waals surface area contributed by atoms with Gasteiger partial charge in [-0.1, -0.05) is 44.5 Å². The van der Waals surface area contributed by atoms with Crippen LogP contribution in [-0.4, -0.2) is 12.7 Å². The fourth-order valence-corrected chi connectivity index (χ4v) is 3.13. The van der Waals surface area contributed by atoms with Gasteiger partial charge in [0.15, 0.2) is 0 Å². The molecule has 0 bridgehead atoms. The molecule has 19 heavy (non-hydrogen) atoms. The summed E-state index contributed by atoms with van der Waals surface area (Å²) < 4.78 is 5.74. The van der Waals surface area contributed by atoms with Gasteiger partial charge in [-0.3, -0.25) is 0 Å². The van der Waals surface area contributed by atoms with E-state index in [1.807, 2.05) is 0 Å². The van der Waals surface area contributed by atoms with Crippen molar-refractivity contribution in [2.75, 3.05) is 7.11 Å². The van der Waals surface area contributed by atoms with Gasteiger partial charge in [-0.15, -0.1) is 0 Å². The van der Waals surface area contributed by atoms with Crippen molar-refractivity contribution in [1.29, 1.82) is 0 Å². The van der Waals surface area contributed by atoms with E-state index < -0.39 is 0 Å². The van der Waals surface area contributed by atoms with Crippen molar-refractivity contribution in [2.24, 2.45) is 5.73 Å². The second-order valence-electron chi connectivity index (χ2n) is 5.75. The van der Waals surface area contributed by atoms with E-state index in [1.165, 1.54) is 30.4 Å². The molecule has 106 valence electrons. The zero-order valence-corrected chi connectivity index (χ0v) is 12.5. The minimum absolute atomic E-state index is 0.0528. The van der Waals surface area contributed by atoms with E-state index >= 15 is 0 Å². The predicted octanol–water partition coefficient (Wildman–Crippen LogP) is 4.16. The van der Waals surface area contributed by atoms with Crippen molar-refractivity contribution in [3.05, 3.63) is 35.4 Å². The molecular formula is C17H27NO. The summed E-state index contributed by atoms with van der Waals surface area (Å²) in [5, 5.41) is 0. The van der Waals surface area contributed by atoms with E-state index in [4.69, 9.17) is 10.5 Å². The van der Waals surface area contributed by atoms with Gasteiger partial charge in [-0.05, 0) is 42.7 Å². The number of hydrogen-bond donors (Lipinski definition) is 1. The van der Waals surface area contributed by atoms with Crippen molar-refractivity contribution < 1.29 is 4.74 Å². The predicted molar refractivity (Wildman–Crippen MR) is 80.3 cm³/mol. The molecular weight excluding hydrogens is 234 g/mol. The fourth-order valence-electron chi connectivity index (χ4n) is 3.13. The van der Waals surface area contributed by atoms with Crippen LogP contribution in [0, 0.1) is 0 Å². The topological polar surface area (TPSA) is 35.2 Å². The van der Waals surface area contributed by atoms with Crippen LogP contribution in [0.2, 0.25) is 0 Å². The fraction of sp³-hybridized carbons (Fsp3) is 0.647. The minimum Gasteiger partial charge on any atom is -0.376 e. The second-order valence-corrected chi connectivity index (χ2v) is 5.75. The van der Waals surface area contributed by atoms with Crippen LogP contribution in [0.15, 0.2) is 24.3 Å². The molecule has 1 fully saturated rings. The third kappa shape index (κ3) is 2.70. The maximum atomic E-state index is 6.45. The highest BCUT2D eigenvalue weighted by Crippen LogP contribution is 2.38. The normalized spacial score (nSPS) is 18.1. The lowest BCUT2D eigenvalue weighted by atomic mass is 9.79. The summed E-state index contributed by atoms with van der Waals surface area (Å²) in [4.78, 5) is 0. The van der Waals surface area contributed by atoms with Crippen LogP contribution >= 0.6 is 0 Å². The SMILES string of the molecule is CCC(CC)(OC)C(N)c1ccc(C2CCC2)cc1. The van der Waals surface area contributed by atoms with Crippen LogP contribution in [0.1, 0.15) is 69.0 Å². The number of ether oxygens (including phenoxy) is 1. The molecule has 0 amide bonds. The molecule has 0 aromatic heterocycles. The van der Waals surface area contributed by atoms with Crippen LogP contribution in [0.3, 0.4) is 0 Å². The number of rotatable bonds is 6. The molecule has 1 aromatic rings. The third-order valence-electron chi connectivity index (χ3n) is 5.04. The maximum absolute atomic E-state index is 6.45. The minimum atomic E-state index is -0.238. The van der Waals surface area contributed by atoms with Gasteiger partial charge in [0.2, 0.25) is 0 Å². The van der Waals surface area contributed by atoms with Gasteiger partial charge in [0, 0.05) is 7.11 Å². The molecule has 0 heterocycles. The van der Waals surface area contributed by atoms with Gasteiger partial charge in [0.05, 0.1) is 11.6 Å². The molecule has 2 heteroatoms. The Hall–Kier alpha value is -0.860. The van der Waals surface area contributed by atoms with E-state index in [-0.39, 0.29) is 11.6 Å². The van der Waals surface area contributed by atoms with Crippen molar-refractivity contribution >= 4 is 0 Å². The Morgan fingerprint density at radius 2 is 1.79 bits per heavy atom. The lowest BCUT2D eigenvalue weighted by Gasteiger charge is -2.36. The number of hydrogen-bond acceptors (Lipinski definition) is 2. The standard InChI is InChI=1S/C17H27NO/c1-4-17(5-2,19-3)16(18)15-11-9-14(10-12-15)13-7-6-8-13/h9-13,16H,4-8,18H2,1-3H3. The smallest absolute Gasteiger partial charge is 0.0865 e. The molecule has 2 nitrogen and oxygen atoms in total. The van der Waals surface area contributed by atoms with Gasteiger partial charge < -0.3 is 10.5 Å². The van der Waals surface area contributed by atoms with Gasteiger partial charge >= 0.3 is 0 Å². The lowest BCUT2D eigenvalue weighted by Crippen LogP contribution is -2.42. The highest BCUT2D eigenvalue weighted by Gasteiger charge is 2.34. The average molecular weight is 261 g/mol. The molecule has 0 spiro atoms. The number of benzene rings is 1. The first-order chi connectivity index (χ1) is 9.16. The molecule has 0 radical (unpaired) electrons. The van der Waals surface area contributed by atoms with Crippen LogP contribution in [0.4, 0.5) is 0 Å². The first-order valence-corrected chi connectivity index (χ1v) is 7.57. The molecule has 2 rings (SSSR count). The Bertz CT molecular complexity index is 382. The van der Waals surface area contributed by atoms with Crippen molar-refractivity contribution in [3.63, 3.8) is 0 Å². The Morgan fingerprint density at radius 1 is 1.21 bits per heavy atom. The molecule has 1 aliphatic rings. The van der Waals surface area contributed by atoms with Crippen molar-refractivity contribution in [2.45, 2.75) is 63.5 Å². The molecule has 1 unspecified atom stereocenters. The summed E-state index contributed by atoms with van der Waals surface area (Å²) in [7, 11) is 1.77. The first kappa shape index (κ1) is 14.5. The maximum Gasteiger partial charge on any atom is 0.0865 e. The Morgan fingerprint density at radius 3 is 2.16 bits per heavy atom. The van der Waals surface area contributed by atoms with Crippen LogP contribution in [0.25, 0.3) is 0 Å². The summed E-state index contributed by atoms with van der Waals surface area (Å²) in [5.74, 6) is 0.787. The van der Waals surface area contributed by atoms with Crippen LogP contribution in [-0.2, 0) is 4.74 Å². The summed E-state index contributed by atoms with van der Waals surface area (Å²) >= 11 is 0. The van der Waals surface area contributed by atoms with E-state index in [0.717, 1.165) is 18.8 Å². The molecule has 0 saturated heterocycles. The Kier molecular flexibility index (Phi) is 4.64. The highest BCUT2D eigenvalue weighted by atomic mass is 16.5. The van der Waals surface area contributed by atoms with E-state index in [0.29, 0.717) is 0 Å². The van der Waals surface area contributed by atoms with Crippen LogP contribution < -0.4 is 5.73 Å². The van der Waals surface area contributed by atoms with Gasteiger partial charge in [0.1, 0.15) is 0 Å². The van der Waals surface area contributed by atoms with Crippen molar-refractivity contribution in [3.8, 4) is 0 Å². The average Bonchev–Trinajstić information content (AvgIpc) is 2.40. The summed E-state index contributed by atoms with van der Waals surface area (Å²) in [6.45, 7) is 4.30. The summed E-state index contributed by atoms with van der Waals surface area (Å²) in [6.07, 6.45) is 5.94. The molecule has 1 aromatic carbocycles.